The van der Waals surface area contributed by atoms with Crippen molar-refractivity contribution in [1.82, 2.24) is 0 Å². The highest BCUT2D eigenvalue weighted by Crippen LogP contribution is 2.19. The number of rotatable bonds is 22. The third-order valence-corrected chi connectivity index (χ3v) is 6.11. The normalized spacial score (nSPS) is 10.7. The highest BCUT2D eigenvalue weighted by molar-refractivity contribution is 5.89. The smallest absolute Gasteiger partial charge is 0.336 e. The molecule has 0 fully saturated rings. The van der Waals surface area contributed by atoms with Crippen LogP contribution in [-0.4, -0.2) is 76.7 Å². The number of carbonyl (C=O) groups excluding carboxylic acids is 4. The van der Waals surface area contributed by atoms with Gasteiger partial charge in [-0.3, -0.25) is 0 Å². The van der Waals surface area contributed by atoms with Crippen molar-refractivity contribution >= 4 is 36.0 Å². The predicted molar refractivity (Wildman–Crippen MR) is 184 cm³/mol. The lowest BCUT2D eigenvalue weighted by molar-refractivity contribution is -0.140. The molecule has 0 unspecified atom stereocenters. The molecule has 0 aliphatic carbocycles. The van der Waals surface area contributed by atoms with Crippen LogP contribution in [0.5, 0.6) is 23.0 Å². The van der Waals surface area contributed by atoms with Gasteiger partial charge in [0.05, 0.1) is 26.4 Å². The summed E-state index contributed by atoms with van der Waals surface area (Å²) in [6, 6.07) is 20.2. The van der Waals surface area contributed by atoms with Gasteiger partial charge in [0.1, 0.15) is 49.4 Å². The van der Waals surface area contributed by atoms with Crippen molar-refractivity contribution in [2.45, 2.75) is 0 Å². The highest BCUT2D eigenvalue weighted by Gasteiger charge is 2.05. The van der Waals surface area contributed by atoms with Gasteiger partial charge in [0.25, 0.3) is 0 Å². The predicted octanol–water partition coefficient (Wildman–Crippen LogP) is 5.17. The van der Waals surface area contributed by atoms with Gasteiger partial charge in [0.15, 0.2) is 0 Å². The van der Waals surface area contributed by atoms with E-state index in [-0.39, 0.29) is 37.9 Å². The maximum atomic E-state index is 12.3. The first-order valence-corrected chi connectivity index (χ1v) is 15.4. The quantitative estimate of drug-likeness (QED) is 0.0596. The molecule has 0 spiro atoms. The van der Waals surface area contributed by atoms with E-state index in [2.05, 4.69) is 13.2 Å². The zero-order chi connectivity index (χ0) is 35.8. The fourth-order valence-electron chi connectivity index (χ4n) is 3.72. The van der Waals surface area contributed by atoms with Crippen LogP contribution in [0.2, 0.25) is 0 Å². The first-order chi connectivity index (χ1) is 24.3. The number of hydrogen-bond donors (Lipinski definition) is 0. The molecular weight excluding hydrogens is 648 g/mol. The summed E-state index contributed by atoms with van der Waals surface area (Å²) in [7, 11) is 0. The fourth-order valence-corrected chi connectivity index (χ4v) is 3.72. The third kappa shape index (κ3) is 16.2. The Morgan fingerprint density at radius 1 is 0.440 bits per heavy atom. The van der Waals surface area contributed by atoms with Gasteiger partial charge in [-0.15, -0.1) is 0 Å². The summed E-state index contributed by atoms with van der Waals surface area (Å²) in [5.74, 6) is -0.335. The highest BCUT2D eigenvalue weighted by atomic mass is 16.6. The number of hydrogen-bond acceptors (Lipinski definition) is 12. The molecule has 0 saturated heterocycles. The molecule has 0 aromatic heterocycles. The fraction of sp³-hybridized carbons (Fsp3) is 0.211. The largest absolute Gasteiger partial charge is 0.491 e. The second-order valence-corrected chi connectivity index (χ2v) is 9.78. The standard InChI is InChI=1S/C38H38O12/c1-3-35(39)47-27-23-43-21-25-45-31-11-5-29(6-12-31)9-19-37(41)49-33-15-17-34(18-16-33)50-38(42)20-10-30-7-13-32(14-8-30)46-26-22-44-24-28-48-36(40)4-2/h3-20H,1-2,21-28H2. The second-order valence-electron chi connectivity index (χ2n) is 9.78. The molecule has 3 rings (SSSR count). The van der Waals surface area contributed by atoms with E-state index in [9.17, 15) is 19.2 Å². The van der Waals surface area contributed by atoms with Gasteiger partial charge in [-0.2, -0.15) is 0 Å². The monoisotopic (exact) mass is 686 g/mol. The lowest BCUT2D eigenvalue weighted by Gasteiger charge is -2.07. The summed E-state index contributed by atoms with van der Waals surface area (Å²) < 4.78 is 42.1. The molecule has 0 aliphatic rings. The minimum absolute atomic E-state index is 0.143. The topological polar surface area (TPSA) is 142 Å². The summed E-state index contributed by atoms with van der Waals surface area (Å²) in [6.45, 7) is 8.71. The zero-order valence-electron chi connectivity index (χ0n) is 27.4. The Balaban J connectivity index is 1.31. The first kappa shape index (κ1) is 38.5. The summed E-state index contributed by atoms with van der Waals surface area (Å²) in [5, 5.41) is 0. The summed E-state index contributed by atoms with van der Waals surface area (Å²) in [4.78, 5) is 46.5. The molecule has 3 aromatic carbocycles. The van der Waals surface area contributed by atoms with Crippen LogP contribution in [0.25, 0.3) is 12.2 Å². The molecule has 12 heteroatoms. The minimum Gasteiger partial charge on any atom is -0.491 e. The Hall–Kier alpha value is -5.98. The van der Waals surface area contributed by atoms with Crippen molar-refractivity contribution in [1.29, 1.82) is 0 Å². The molecule has 0 bridgehead atoms. The molecule has 0 heterocycles. The van der Waals surface area contributed by atoms with Crippen molar-refractivity contribution in [3.63, 3.8) is 0 Å². The first-order valence-electron chi connectivity index (χ1n) is 15.4. The Kier molecular flexibility index (Phi) is 17.4. The van der Waals surface area contributed by atoms with Crippen LogP contribution in [0.3, 0.4) is 0 Å². The molecule has 0 aliphatic heterocycles. The summed E-state index contributed by atoms with van der Waals surface area (Å²) in [6.07, 6.45) is 7.98. The Bertz CT molecular complexity index is 1470. The Morgan fingerprint density at radius 3 is 1.14 bits per heavy atom. The number of carbonyl (C=O) groups is 4. The van der Waals surface area contributed by atoms with E-state index >= 15 is 0 Å². The number of ether oxygens (including phenoxy) is 8. The van der Waals surface area contributed by atoms with Crippen molar-refractivity contribution in [2.24, 2.45) is 0 Å². The van der Waals surface area contributed by atoms with Crippen molar-refractivity contribution < 1.29 is 57.1 Å². The van der Waals surface area contributed by atoms with Gasteiger partial charge < -0.3 is 37.9 Å². The average Bonchev–Trinajstić information content (AvgIpc) is 3.13. The van der Waals surface area contributed by atoms with Gasteiger partial charge >= 0.3 is 23.9 Å². The van der Waals surface area contributed by atoms with Gasteiger partial charge in [-0.05, 0) is 71.8 Å². The van der Waals surface area contributed by atoms with E-state index in [0.717, 1.165) is 23.3 Å². The van der Waals surface area contributed by atoms with E-state index in [1.165, 1.54) is 36.4 Å². The summed E-state index contributed by atoms with van der Waals surface area (Å²) >= 11 is 0. The average molecular weight is 687 g/mol. The molecule has 262 valence electrons. The van der Waals surface area contributed by atoms with Crippen LogP contribution in [-0.2, 0) is 38.1 Å². The van der Waals surface area contributed by atoms with E-state index in [1.54, 1.807) is 60.7 Å². The molecular formula is C38H38O12. The van der Waals surface area contributed by atoms with Crippen LogP contribution < -0.4 is 18.9 Å². The molecule has 3 aromatic rings. The number of benzene rings is 3. The van der Waals surface area contributed by atoms with Crippen LogP contribution in [0, 0.1) is 0 Å². The molecule has 0 saturated carbocycles. The Labute approximate surface area is 290 Å². The molecule has 50 heavy (non-hydrogen) atoms. The van der Waals surface area contributed by atoms with E-state index in [4.69, 9.17) is 37.9 Å². The SMILES string of the molecule is C=CC(=O)OCCOCCOc1ccc(C=CC(=O)Oc2ccc(OC(=O)C=Cc3ccc(OCCOCCOC(=O)C=C)cc3)cc2)cc1. The van der Waals surface area contributed by atoms with Gasteiger partial charge in [0, 0.05) is 24.3 Å². The molecule has 12 nitrogen and oxygen atoms in total. The molecule has 0 atom stereocenters. The summed E-state index contributed by atoms with van der Waals surface area (Å²) in [5.41, 5.74) is 1.52. The van der Waals surface area contributed by atoms with E-state index in [0.29, 0.717) is 37.9 Å². The van der Waals surface area contributed by atoms with Crippen molar-refractivity contribution in [2.75, 3.05) is 52.9 Å². The molecule has 0 N–H and O–H groups in total. The van der Waals surface area contributed by atoms with E-state index in [1.807, 2.05) is 0 Å². The minimum atomic E-state index is -0.581. The molecule has 0 amide bonds. The zero-order valence-corrected chi connectivity index (χ0v) is 27.4. The Morgan fingerprint density at radius 2 is 0.780 bits per heavy atom. The molecule has 0 radical (unpaired) electrons. The van der Waals surface area contributed by atoms with Crippen molar-refractivity contribution in [3.8, 4) is 23.0 Å². The van der Waals surface area contributed by atoms with Crippen LogP contribution in [0.15, 0.2) is 110 Å². The van der Waals surface area contributed by atoms with E-state index < -0.39 is 23.9 Å². The van der Waals surface area contributed by atoms with Crippen LogP contribution >= 0.6 is 0 Å². The van der Waals surface area contributed by atoms with Crippen LogP contribution in [0.1, 0.15) is 11.1 Å². The lowest BCUT2D eigenvalue weighted by atomic mass is 10.2. The van der Waals surface area contributed by atoms with Gasteiger partial charge in [-0.25, -0.2) is 19.2 Å². The van der Waals surface area contributed by atoms with Crippen molar-refractivity contribution in [3.05, 3.63) is 121 Å². The lowest BCUT2D eigenvalue weighted by Crippen LogP contribution is -2.12. The maximum absolute atomic E-state index is 12.3. The van der Waals surface area contributed by atoms with Crippen LogP contribution in [0.4, 0.5) is 0 Å². The third-order valence-electron chi connectivity index (χ3n) is 6.11. The van der Waals surface area contributed by atoms with Gasteiger partial charge in [-0.1, -0.05) is 37.4 Å². The second kappa shape index (κ2) is 22.6. The maximum Gasteiger partial charge on any atom is 0.336 e. The number of esters is 4. The van der Waals surface area contributed by atoms with Gasteiger partial charge in [0.2, 0.25) is 0 Å².